The van der Waals surface area contributed by atoms with Crippen LogP contribution in [0, 0.1) is 0 Å². The molecule has 8 rings (SSSR count). The second-order valence-electron chi connectivity index (χ2n) is 15.6. The number of H-pyrrole nitrogens is 1. The fourth-order valence-electron chi connectivity index (χ4n) is 8.12. The van der Waals surface area contributed by atoms with E-state index in [1.54, 1.807) is 30.3 Å². The third-order valence-corrected chi connectivity index (χ3v) is 11.3. The van der Waals surface area contributed by atoms with E-state index in [1.165, 1.54) is 41.6 Å². The topological polar surface area (TPSA) is 283 Å². The van der Waals surface area contributed by atoms with Gasteiger partial charge in [0.05, 0.1) is 18.0 Å². The van der Waals surface area contributed by atoms with Gasteiger partial charge < -0.3 is 55.5 Å². The molecule has 3 amide bonds. The zero-order valence-corrected chi connectivity index (χ0v) is 34.5. The van der Waals surface area contributed by atoms with Gasteiger partial charge in [0.2, 0.25) is 5.91 Å². The highest BCUT2D eigenvalue weighted by atomic mass is 32.1. The smallest absolute Gasteiger partial charge is 0.340 e. The summed E-state index contributed by atoms with van der Waals surface area (Å²) in [6.07, 6.45) is 3.40. The van der Waals surface area contributed by atoms with E-state index in [9.17, 15) is 39.3 Å². The van der Waals surface area contributed by atoms with Crippen molar-refractivity contribution >= 4 is 52.7 Å². The molecule has 326 valence electrons. The maximum absolute atomic E-state index is 13.8. The van der Waals surface area contributed by atoms with Crippen LogP contribution < -0.4 is 26.0 Å². The molecule has 3 aromatic carbocycles. The minimum atomic E-state index is -1.41. The number of esters is 1. The van der Waals surface area contributed by atoms with Crippen LogP contribution >= 0.6 is 12.2 Å². The molecule has 5 aromatic rings. The van der Waals surface area contributed by atoms with Gasteiger partial charge in [-0.3, -0.25) is 14.4 Å². The van der Waals surface area contributed by atoms with Crippen LogP contribution in [0.5, 0.6) is 23.0 Å². The number of fused-ring (bicyclic) bond motifs is 6. The van der Waals surface area contributed by atoms with Gasteiger partial charge in [-0.05, 0) is 74.3 Å². The molecule has 0 aliphatic carbocycles. The normalized spacial score (nSPS) is 17.2. The Morgan fingerprint density at radius 2 is 1.70 bits per heavy atom. The number of likely N-dealkylation sites (tertiary alicyclic amines) is 1. The lowest BCUT2D eigenvalue weighted by Crippen LogP contribution is -2.51. The Hall–Kier alpha value is -7.55. The predicted molar refractivity (Wildman–Crippen MR) is 223 cm³/mol. The standard InChI is InChI=1S/C42H41N9O11S/c1-20(2)35-26(17-45-62-35)38(56)51-19-22(46-36(54)31-18-44-50-49-31)14-32(51)37(55)48-30(39(57)58)5-3-4-12-43-41(63)47-21-6-9-27-25(13-21)40(59)61-42(27)28-10-7-23(52)15-33(28)60-34-16-24(53)8-11-29(34)42/h6-11,13,15-18,20,22,30,32,52-53H,3-5,12,14,19H2,1-2H3,(H,46,54)(H,48,55)(H,57,58)(H2,43,47,63)(H,44,49,50)/t22-,30+,32+/m1/s1. The van der Waals surface area contributed by atoms with Gasteiger partial charge in [-0.1, -0.05) is 25.1 Å². The number of thiocarbonyl (C=S) groups is 1. The number of carboxylic acids is 1. The molecule has 0 bridgehead atoms. The Bertz CT molecular complexity index is 2580. The molecule has 0 unspecified atom stereocenters. The maximum atomic E-state index is 13.8. The number of carbonyl (C=O) groups excluding carboxylic acids is 4. The molecule has 1 fully saturated rings. The molecule has 20 nitrogen and oxygen atoms in total. The van der Waals surface area contributed by atoms with Crippen LogP contribution in [-0.2, 0) is 19.9 Å². The summed E-state index contributed by atoms with van der Waals surface area (Å²) in [5.41, 5.74) is 1.02. The molecule has 21 heteroatoms. The highest BCUT2D eigenvalue weighted by Gasteiger charge is 2.54. The lowest BCUT2D eigenvalue weighted by atomic mass is 9.77. The van der Waals surface area contributed by atoms with Crippen molar-refractivity contribution in [2.45, 2.75) is 69.2 Å². The van der Waals surface area contributed by atoms with Gasteiger partial charge >= 0.3 is 11.9 Å². The summed E-state index contributed by atoms with van der Waals surface area (Å²) < 4.78 is 17.4. The Labute approximate surface area is 363 Å². The molecule has 0 radical (unpaired) electrons. The van der Waals surface area contributed by atoms with Gasteiger partial charge in [0.1, 0.15) is 40.6 Å². The summed E-state index contributed by atoms with van der Waals surface area (Å²) in [5.74, 6) is -3.15. The Balaban J connectivity index is 0.874. The third-order valence-electron chi connectivity index (χ3n) is 11.1. The van der Waals surface area contributed by atoms with Crippen molar-refractivity contribution in [2.24, 2.45) is 0 Å². The number of hydrogen-bond donors (Lipinski definition) is 8. The molecular formula is C42H41N9O11S. The molecule has 3 aliphatic rings. The fourth-order valence-corrected chi connectivity index (χ4v) is 8.34. The number of carboxylic acid groups (broad SMARTS) is 1. The van der Waals surface area contributed by atoms with Crippen molar-refractivity contribution in [3.05, 3.63) is 106 Å². The lowest BCUT2D eigenvalue weighted by molar-refractivity contribution is -0.142. The van der Waals surface area contributed by atoms with E-state index >= 15 is 0 Å². The van der Waals surface area contributed by atoms with Crippen molar-refractivity contribution < 1.29 is 53.3 Å². The van der Waals surface area contributed by atoms with E-state index in [1.807, 2.05) is 13.8 Å². The van der Waals surface area contributed by atoms with Crippen LogP contribution in [-0.4, -0.2) is 107 Å². The monoisotopic (exact) mass is 879 g/mol. The van der Waals surface area contributed by atoms with Gasteiger partial charge in [0.25, 0.3) is 11.8 Å². The van der Waals surface area contributed by atoms with Gasteiger partial charge in [-0.2, -0.15) is 15.4 Å². The Kier molecular flexibility index (Phi) is 11.4. The number of ether oxygens (including phenoxy) is 2. The first-order valence-electron chi connectivity index (χ1n) is 20.0. The lowest BCUT2D eigenvalue weighted by Gasteiger charge is -2.36. The number of phenolic OH excluding ortho intramolecular Hbond substituents is 2. The van der Waals surface area contributed by atoms with Gasteiger partial charge in [0, 0.05) is 59.6 Å². The van der Waals surface area contributed by atoms with Gasteiger partial charge in [-0.25, -0.2) is 9.59 Å². The minimum Gasteiger partial charge on any atom is -0.508 e. The van der Waals surface area contributed by atoms with E-state index in [0.29, 0.717) is 47.5 Å². The summed E-state index contributed by atoms with van der Waals surface area (Å²) in [6, 6.07) is 11.0. The third kappa shape index (κ3) is 8.16. The number of aromatic hydroxyl groups is 2. The van der Waals surface area contributed by atoms with E-state index < -0.39 is 53.4 Å². The first kappa shape index (κ1) is 42.2. The zero-order chi connectivity index (χ0) is 44.6. The average molecular weight is 880 g/mol. The Morgan fingerprint density at radius 1 is 0.984 bits per heavy atom. The highest BCUT2D eigenvalue weighted by molar-refractivity contribution is 7.80. The zero-order valence-electron chi connectivity index (χ0n) is 33.7. The largest absolute Gasteiger partial charge is 0.508 e. The Morgan fingerprint density at radius 3 is 2.37 bits per heavy atom. The number of aliphatic carboxylic acids is 1. The number of benzene rings is 3. The summed E-state index contributed by atoms with van der Waals surface area (Å²) >= 11 is 5.51. The summed E-state index contributed by atoms with van der Waals surface area (Å²) in [6.45, 7) is 3.93. The highest BCUT2D eigenvalue weighted by Crippen LogP contribution is 2.57. The molecule has 1 spiro atoms. The second kappa shape index (κ2) is 17.1. The molecular weight excluding hydrogens is 839 g/mol. The van der Waals surface area contributed by atoms with Gasteiger partial charge in [0.15, 0.2) is 22.2 Å². The summed E-state index contributed by atoms with van der Waals surface area (Å²) in [7, 11) is 0. The number of rotatable bonds is 13. The number of carbonyl (C=O) groups is 5. The number of phenols is 2. The number of hydrogen-bond acceptors (Lipinski definition) is 14. The van der Waals surface area contributed by atoms with Crippen molar-refractivity contribution in [3.8, 4) is 23.0 Å². The summed E-state index contributed by atoms with van der Waals surface area (Å²) in [4.78, 5) is 67.4. The molecule has 63 heavy (non-hydrogen) atoms. The van der Waals surface area contributed by atoms with Crippen LogP contribution in [0.1, 0.15) is 99.1 Å². The van der Waals surface area contributed by atoms with E-state index in [0.717, 1.165) is 0 Å². The van der Waals surface area contributed by atoms with Crippen LogP contribution in [0.25, 0.3) is 0 Å². The van der Waals surface area contributed by atoms with Gasteiger partial charge in [-0.15, -0.1) is 0 Å². The number of anilines is 1. The molecule has 1 saturated heterocycles. The van der Waals surface area contributed by atoms with Crippen LogP contribution in [0.4, 0.5) is 5.69 Å². The first-order valence-corrected chi connectivity index (χ1v) is 20.4. The SMILES string of the molecule is CC(C)c1oncc1C(=O)N1C[C@H](NC(=O)c2cn[nH]n2)C[C@H]1C(=O)N[C@@H](CCCCNC(=S)Nc1ccc2c(c1)C(=O)OC21c2ccc(O)cc2Oc2cc(O)ccc21)C(=O)O. The number of aromatic amines is 1. The van der Waals surface area contributed by atoms with Crippen molar-refractivity contribution in [3.63, 3.8) is 0 Å². The van der Waals surface area contributed by atoms with Crippen LogP contribution in [0.15, 0.2) is 71.5 Å². The average Bonchev–Trinajstić information content (AvgIpc) is 4.07. The van der Waals surface area contributed by atoms with E-state index in [2.05, 4.69) is 41.8 Å². The molecule has 5 heterocycles. The van der Waals surface area contributed by atoms with Crippen molar-refractivity contribution in [1.82, 2.24) is 41.4 Å². The number of nitrogens with zero attached hydrogens (tertiary/aromatic N) is 4. The number of nitrogens with one attached hydrogen (secondary N) is 5. The summed E-state index contributed by atoms with van der Waals surface area (Å²) in [5, 5.41) is 55.7. The van der Waals surface area contributed by atoms with Crippen molar-refractivity contribution in [2.75, 3.05) is 18.4 Å². The van der Waals surface area contributed by atoms with Crippen LogP contribution in [0.2, 0.25) is 0 Å². The predicted octanol–water partition coefficient (Wildman–Crippen LogP) is 3.63. The first-order chi connectivity index (χ1) is 30.2. The van der Waals surface area contributed by atoms with Crippen molar-refractivity contribution in [1.29, 1.82) is 0 Å². The molecule has 3 atom stereocenters. The molecule has 0 saturated carbocycles. The molecule has 3 aliphatic heterocycles. The number of aromatic nitrogens is 4. The van der Waals surface area contributed by atoms with E-state index in [-0.39, 0.29) is 70.2 Å². The second-order valence-corrected chi connectivity index (χ2v) is 16.0. The minimum absolute atomic E-state index is 0.00406. The maximum Gasteiger partial charge on any atom is 0.340 e. The fraction of sp³-hybridized carbons (Fsp3) is 0.310. The number of unbranched alkanes of at least 4 members (excludes halogenated alkanes) is 1. The molecule has 8 N–H and O–H groups in total. The quantitative estimate of drug-likeness (QED) is 0.0476. The van der Waals surface area contributed by atoms with E-state index in [4.69, 9.17) is 26.2 Å². The number of amides is 3. The van der Waals surface area contributed by atoms with Crippen LogP contribution in [0.3, 0.4) is 0 Å². The molecule has 2 aromatic heterocycles.